The molecule has 0 bridgehead atoms. The van der Waals surface area contributed by atoms with Crippen molar-refractivity contribution in [2.75, 3.05) is 0 Å². The fraction of sp³-hybridized carbons (Fsp3) is 0.250. The van der Waals surface area contributed by atoms with Gasteiger partial charge in [0.2, 0.25) is 0 Å². The van der Waals surface area contributed by atoms with Crippen molar-refractivity contribution in [3.05, 3.63) is 64.5 Å². The molecule has 0 radical (unpaired) electrons. The van der Waals surface area contributed by atoms with Crippen molar-refractivity contribution >= 4 is 0 Å². The first-order chi connectivity index (χ1) is 9.13. The Labute approximate surface area is 112 Å². The van der Waals surface area contributed by atoms with Gasteiger partial charge in [-0.2, -0.15) is 0 Å². The summed E-state index contributed by atoms with van der Waals surface area (Å²) in [7, 11) is 0. The lowest BCUT2D eigenvalue weighted by molar-refractivity contribution is 0.251. The van der Waals surface area contributed by atoms with E-state index in [1.54, 1.807) is 12.1 Å². The summed E-state index contributed by atoms with van der Waals surface area (Å²) >= 11 is 0. The Bertz CT molecular complexity index is 559. The van der Waals surface area contributed by atoms with Gasteiger partial charge in [0.25, 0.3) is 0 Å². The molecule has 0 spiro atoms. The van der Waals surface area contributed by atoms with Crippen molar-refractivity contribution in [2.24, 2.45) is 0 Å². The lowest BCUT2D eigenvalue weighted by atomic mass is 10.0. The number of aliphatic hydroxyl groups excluding tert-OH is 1. The van der Waals surface area contributed by atoms with Crippen LogP contribution >= 0.6 is 0 Å². The van der Waals surface area contributed by atoms with Crippen LogP contribution in [0, 0.1) is 19.7 Å². The van der Waals surface area contributed by atoms with E-state index in [1.165, 1.54) is 6.07 Å². The minimum Gasteiger partial charge on any atom is -0.485 e. The molecule has 0 unspecified atom stereocenters. The predicted octanol–water partition coefficient (Wildman–Crippen LogP) is 3.51. The van der Waals surface area contributed by atoms with Gasteiger partial charge in [-0.3, -0.25) is 0 Å². The van der Waals surface area contributed by atoms with Crippen LogP contribution < -0.4 is 4.74 Å². The van der Waals surface area contributed by atoms with Gasteiger partial charge in [0.1, 0.15) is 6.61 Å². The highest BCUT2D eigenvalue weighted by molar-refractivity contribution is 5.36. The Kier molecular flexibility index (Phi) is 4.17. The van der Waals surface area contributed by atoms with Crippen LogP contribution in [0.3, 0.4) is 0 Å². The largest absolute Gasteiger partial charge is 0.485 e. The number of aliphatic hydroxyl groups is 1. The summed E-state index contributed by atoms with van der Waals surface area (Å²) in [6, 6.07) is 10.5. The maximum Gasteiger partial charge on any atom is 0.165 e. The Morgan fingerprint density at radius 2 is 1.68 bits per heavy atom. The molecular formula is C16H17FO2. The van der Waals surface area contributed by atoms with E-state index in [-0.39, 0.29) is 12.4 Å². The minimum atomic E-state index is -0.446. The van der Waals surface area contributed by atoms with E-state index in [0.717, 1.165) is 16.7 Å². The van der Waals surface area contributed by atoms with Crippen LogP contribution in [-0.2, 0) is 13.2 Å². The van der Waals surface area contributed by atoms with Crippen LogP contribution in [-0.4, -0.2) is 5.11 Å². The second kappa shape index (κ2) is 5.85. The van der Waals surface area contributed by atoms with Crippen LogP contribution in [0.25, 0.3) is 0 Å². The molecule has 0 saturated heterocycles. The summed E-state index contributed by atoms with van der Waals surface area (Å²) in [6.07, 6.45) is 0. The molecule has 100 valence electrons. The number of aryl methyl sites for hydroxylation is 2. The molecule has 0 aliphatic heterocycles. The minimum absolute atomic E-state index is 0.132. The molecule has 19 heavy (non-hydrogen) atoms. The van der Waals surface area contributed by atoms with E-state index < -0.39 is 5.82 Å². The van der Waals surface area contributed by atoms with Gasteiger partial charge in [0.15, 0.2) is 11.6 Å². The predicted molar refractivity (Wildman–Crippen MR) is 72.6 cm³/mol. The summed E-state index contributed by atoms with van der Waals surface area (Å²) < 4.78 is 19.3. The zero-order valence-electron chi connectivity index (χ0n) is 11.1. The third-order valence-corrected chi connectivity index (χ3v) is 3.22. The molecule has 2 aromatic rings. The van der Waals surface area contributed by atoms with Crippen LogP contribution in [0.4, 0.5) is 4.39 Å². The molecule has 0 aliphatic rings. The normalized spacial score (nSPS) is 10.5. The lowest BCUT2D eigenvalue weighted by Crippen LogP contribution is -2.04. The Morgan fingerprint density at radius 3 is 2.32 bits per heavy atom. The molecule has 0 aromatic heterocycles. The molecule has 0 fully saturated rings. The van der Waals surface area contributed by atoms with Crippen molar-refractivity contribution in [3.63, 3.8) is 0 Å². The van der Waals surface area contributed by atoms with Gasteiger partial charge in [0.05, 0.1) is 6.61 Å². The maximum atomic E-state index is 13.7. The van der Waals surface area contributed by atoms with Crippen LogP contribution in [0.2, 0.25) is 0 Å². The van der Waals surface area contributed by atoms with Gasteiger partial charge in [-0.15, -0.1) is 0 Å². The topological polar surface area (TPSA) is 29.5 Å². The quantitative estimate of drug-likeness (QED) is 0.911. The van der Waals surface area contributed by atoms with E-state index in [4.69, 9.17) is 4.74 Å². The SMILES string of the molecule is Cc1cccc(C)c1COc1c(F)cccc1CO. The fourth-order valence-electron chi connectivity index (χ4n) is 2.06. The third kappa shape index (κ3) is 2.93. The van der Waals surface area contributed by atoms with E-state index in [0.29, 0.717) is 12.2 Å². The summed E-state index contributed by atoms with van der Waals surface area (Å²) in [6.45, 7) is 4.06. The average Bonchev–Trinajstić information content (AvgIpc) is 2.39. The highest BCUT2D eigenvalue weighted by Gasteiger charge is 2.10. The number of ether oxygens (including phenoxy) is 1. The number of rotatable bonds is 4. The van der Waals surface area contributed by atoms with Crippen molar-refractivity contribution < 1.29 is 14.2 Å². The number of hydrogen-bond donors (Lipinski definition) is 1. The highest BCUT2D eigenvalue weighted by atomic mass is 19.1. The van der Waals surface area contributed by atoms with Crippen LogP contribution in [0.15, 0.2) is 36.4 Å². The molecule has 2 aromatic carbocycles. The summed E-state index contributed by atoms with van der Waals surface area (Å²) in [4.78, 5) is 0. The fourth-order valence-corrected chi connectivity index (χ4v) is 2.06. The van der Waals surface area contributed by atoms with Gasteiger partial charge >= 0.3 is 0 Å². The average molecular weight is 260 g/mol. The lowest BCUT2D eigenvalue weighted by Gasteiger charge is -2.14. The molecule has 3 heteroatoms. The molecule has 1 N–H and O–H groups in total. The second-order valence-corrected chi connectivity index (χ2v) is 4.55. The zero-order valence-corrected chi connectivity index (χ0v) is 11.1. The molecule has 0 atom stereocenters. The standard InChI is InChI=1S/C16H17FO2/c1-11-5-3-6-12(2)14(11)10-19-16-13(9-18)7-4-8-15(16)17/h3-8,18H,9-10H2,1-2H3. The third-order valence-electron chi connectivity index (χ3n) is 3.22. The smallest absolute Gasteiger partial charge is 0.165 e. The van der Waals surface area contributed by atoms with Crippen LogP contribution in [0.1, 0.15) is 22.3 Å². The van der Waals surface area contributed by atoms with E-state index >= 15 is 0 Å². The van der Waals surface area contributed by atoms with Crippen LogP contribution in [0.5, 0.6) is 5.75 Å². The van der Waals surface area contributed by atoms with Crippen molar-refractivity contribution in [2.45, 2.75) is 27.1 Å². The molecular weight excluding hydrogens is 243 g/mol. The number of hydrogen-bond acceptors (Lipinski definition) is 2. The second-order valence-electron chi connectivity index (χ2n) is 4.55. The maximum absolute atomic E-state index is 13.7. The molecule has 2 rings (SSSR count). The number of halogens is 1. The van der Waals surface area contributed by atoms with Gasteiger partial charge in [-0.25, -0.2) is 4.39 Å². The van der Waals surface area contributed by atoms with Crippen molar-refractivity contribution in [1.29, 1.82) is 0 Å². The monoisotopic (exact) mass is 260 g/mol. The number of benzene rings is 2. The Morgan fingerprint density at radius 1 is 1.05 bits per heavy atom. The molecule has 0 heterocycles. The zero-order chi connectivity index (χ0) is 13.8. The van der Waals surface area contributed by atoms with Crippen molar-refractivity contribution in [3.8, 4) is 5.75 Å². The summed E-state index contributed by atoms with van der Waals surface area (Å²) in [5.74, 6) is -0.314. The van der Waals surface area contributed by atoms with Gasteiger partial charge in [-0.05, 0) is 36.6 Å². The molecule has 0 amide bonds. The number of para-hydroxylation sites is 1. The van der Waals surface area contributed by atoms with Crippen molar-refractivity contribution in [1.82, 2.24) is 0 Å². The first kappa shape index (κ1) is 13.6. The van der Waals surface area contributed by atoms with E-state index in [9.17, 15) is 9.50 Å². The molecule has 0 aliphatic carbocycles. The highest BCUT2D eigenvalue weighted by Crippen LogP contribution is 2.25. The van der Waals surface area contributed by atoms with Gasteiger partial charge in [-0.1, -0.05) is 30.3 Å². The van der Waals surface area contributed by atoms with E-state index in [1.807, 2.05) is 32.0 Å². The van der Waals surface area contributed by atoms with E-state index in [2.05, 4.69) is 0 Å². The Balaban J connectivity index is 2.24. The van der Waals surface area contributed by atoms with Gasteiger partial charge in [0, 0.05) is 5.56 Å². The van der Waals surface area contributed by atoms with Gasteiger partial charge < -0.3 is 9.84 Å². The summed E-state index contributed by atoms with van der Waals surface area (Å²) in [5.41, 5.74) is 3.74. The Hall–Kier alpha value is -1.87. The molecule has 0 saturated carbocycles. The first-order valence-electron chi connectivity index (χ1n) is 6.19. The first-order valence-corrected chi connectivity index (χ1v) is 6.19. The summed E-state index contributed by atoms with van der Waals surface area (Å²) in [5, 5.41) is 9.20. The molecule has 2 nitrogen and oxygen atoms in total.